The maximum absolute atomic E-state index is 4.03. The quantitative estimate of drug-likeness (QED) is 0.546. The smallest absolute Gasteiger partial charge is 0.0251 e. The Morgan fingerprint density at radius 2 is 2.23 bits per heavy atom. The van der Waals surface area contributed by atoms with Crippen LogP contribution in [0.25, 0.3) is 0 Å². The highest BCUT2D eigenvalue weighted by Gasteiger charge is 2.22. The van der Waals surface area contributed by atoms with Gasteiger partial charge < -0.3 is 0 Å². The highest BCUT2D eigenvalue weighted by atomic mass is 79.9. The number of alkyl halides is 1. The van der Waals surface area contributed by atoms with Crippen molar-refractivity contribution in [2.24, 2.45) is 5.92 Å². The molecule has 1 heterocycles. The van der Waals surface area contributed by atoms with E-state index in [1.54, 1.807) is 0 Å². The van der Waals surface area contributed by atoms with Gasteiger partial charge in [0.05, 0.1) is 0 Å². The Hall–Kier alpha value is 0.180. The summed E-state index contributed by atoms with van der Waals surface area (Å²) in [5, 5.41) is 0.936. The zero-order valence-corrected chi connectivity index (χ0v) is 10.3. The summed E-state index contributed by atoms with van der Waals surface area (Å²) in [5.41, 5.74) is 1.29. The molecule has 76 valence electrons. The molecule has 0 amide bonds. The van der Waals surface area contributed by atoms with Gasteiger partial charge in [0, 0.05) is 17.9 Å². The third-order valence-electron chi connectivity index (χ3n) is 2.89. The van der Waals surface area contributed by atoms with E-state index in [1.807, 2.05) is 0 Å². The summed E-state index contributed by atoms with van der Waals surface area (Å²) in [6.45, 7) is 11.0. The molecule has 1 saturated heterocycles. The molecule has 0 N–H and O–H groups in total. The molecule has 0 aromatic carbocycles. The molecule has 0 unspecified atom stereocenters. The minimum absolute atomic E-state index is 0.736. The fourth-order valence-electron chi connectivity index (χ4n) is 2.02. The van der Waals surface area contributed by atoms with Crippen molar-refractivity contribution in [1.82, 2.24) is 4.90 Å². The minimum atomic E-state index is 0.736. The molecule has 2 heteroatoms. The Kier molecular flexibility index (Phi) is 4.47. The van der Waals surface area contributed by atoms with Crippen molar-refractivity contribution in [3.63, 3.8) is 0 Å². The van der Waals surface area contributed by atoms with E-state index in [2.05, 4.69) is 41.3 Å². The van der Waals surface area contributed by atoms with Crippen molar-refractivity contribution < 1.29 is 0 Å². The van der Waals surface area contributed by atoms with Crippen LogP contribution in [0, 0.1) is 5.92 Å². The van der Waals surface area contributed by atoms with Crippen molar-refractivity contribution >= 4 is 15.9 Å². The average Bonchev–Trinajstić information content (AvgIpc) is 2.09. The summed E-state index contributed by atoms with van der Waals surface area (Å²) in [7, 11) is 0. The molecule has 0 radical (unpaired) electrons. The molecule has 1 aliphatic heterocycles. The van der Waals surface area contributed by atoms with E-state index in [9.17, 15) is 0 Å². The normalized spacial score (nSPS) is 30.4. The fraction of sp³-hybridized carbons (Fsp3) is 0.818. The van der Waals surface area contributed by atoms with Gasteiger partial charge in [0.25, 0.3) is 0 Å². The lowest BCUT2D eigenvalue weighted by molar-refractivity contribution is 0.141. The molecule has 0 spiro atoms. The van der Waals surface area contributed by atoms with Crippen LogP contribution >= 0.6 is 15.9 Å². The Balaban J connectivity index is 2.38. The van der Waals surface area contributed by atoms with Crippen molar-refractivity contribution in [2.45, 2.75) is 32.7 Å². The van der Waals surface area contributed by atoms with E-state index in [1.165, 1.54) is 25.0 Å². The number of rotatable bonds is 3. The van der Waals surface area contributed by atoms with E-state index in [0.29, 0.717) is 0 Å². The van der Waals surface area contributed by atoms with Gasteiger partial charge in [-0.1, -0.05) is 35.0 Å². The lowest BCUT2D eigenvalue weighted by Crippen LogP contribution is -2.41. The molecule has 0 aromatic heterocycles. The fourth-order valence-corrected chi connectivity index (χ4v) is 2.20. The molecule has 1 aliphatic rings. The van der Waals surface area contributed by atoms with Gasteiger partial charge in [-0.3, -0.25) is 4.90 Å². The maximum Gasteiger partial charge on any atom is 0.0251 e. The first kappa shape index (κ1) is 11.3. The zero-order chi connectivity index (χ0) is 9.84. The molecular formula is C11H20BrN. The molecular weight excluding hydrogens is 226 g/mol. The van der Waals surface area contributed by atoms with Crippen molar-refractivity contribution in [3.05, 3.63) is 12.2 Å². The van der Waals surface area contributed by atoms with Gasteiger partial charge in [0.2, 0.25) is 0 Å². The molecule has 0 aliphatic carbocycles. The van der Waals surface area contributed by atoms with Crippen LogP contribution in [0.4, 0.5) is 0 Å². The first-order valence-corrected chi connectivity index (χ1v) is 6.22. The van der Waals surface area contributed by atoms with E-state index >= 15 is 0 Å². The van der Waals surface area contributed by atoms with E-state index in [0.717, 1.165) is 23.8 Å². The first-order valence-electron chi connectivity index (χ1n) is 5.10. The van der Waals surface area contributed by atoms with Crippen molar-refractivity contribution in [1.29, 1.82) is 0 Å². The van der Waals surface area contributed by atoms with Crippen molar-refractivity contribution in [2.75, 3.05) is 18.4 Å². The second-order valence-electron chi connectivity index (χ2n) is 4.33. The predicted molar refractivity (Wildman–Crippen MR) is 62.4 cm³/mol. The van der Waals surface area contributed by atoms with Crippen LogP contribution in [0.15, 0.2) is 12.2 Å². The number of nitrogens with zero attached hydrogens (tertiary/aromatic N) is 1. The number of halogens is 1. The Bertz CT molecular complexity index is 179. The molecule has 0 saturated carbocycles. The predicted octanol–water partition coefficient (Wildman–Crippen LogP) is 3.06. The lowest BCUT2D eigenvalue weighted by atomic mass is 9.93. The molecule has 0 bridgehead atoms. The molecule has 1 nitrogen and oxygen atoms in total. The van der Waals surface area contributed by atoms with Crippen LogP contribution in [-0.2, 0) is 0 Å². The lowest BCUT2D eigenvalue weighted by Gasteiger charge is -2.36. The molecule has 1 fully saturated rings. The van der Waals surface area contributed by atoms with Gasteiger partial charge in [-0.2, -0.15) is 0 Å². The highest BCUT2D eigenvalue weighted by Crippen LogP contribution is 2.22. The summed E-state index contributed by atoms with van der Waals surface area (Å²) in [6, 6.07) is 0.736. The Morgan fingerprint density at radius 3 is 2.77 bits per heavy atom. The standard InChI is InChI=1S/C11H20BrN/c1-9-4-5-13(11(3)6-9)8-10(2)7-12/h9,11H,2,4-8H2,1,3H3/t9-,11-/m0/s1. The van der Waals surface area contributed by atoms with Crippen LogP contribution in [-0.4, -0.2) is 29.4 Å². The van der Waals surface area contributed by atoms with Crippen LogP contribution in [0.5, 0.6) is 0 Å². The summed E-state index contributed by atoms with van der Waals surface area (Å²) in [4.78, 5) is 2.55. The van der Waals surface area contributed by atoms with Crippen LogP contribution in [0.1, 0.15) is 26.7 Å². The zero-order valence-electron chi connectivity index (χ0n) is 8.72. The largest absolute Gasteiger partial charge is 0.297 e. The second kappa shape index (κ2) is 5.16. The Labute approximate surface area is 90.3 Å². The van der Waals surface area contributed by atoms with Gasteiger partial charge in [-0.15, -0.1) is 0 Å². The van der Waals surface area contributed by atoms with Gasteiger partial charge in [-0.25, -0.2) is 0 Å². The van der Waals surface area contributed by atoms with Crippen molar-refractivity contribution in [3.8, 4) is 0 Å². The van der Waals surface area contributed by atoms with Gasteiger partial charge in [0.1, 0.15) is 0 Å². The van der Waals surface area contributed by atoms with Gasteiger partial charge >= 0.3 is 0 Å². The summed E-state index contributed by atoms with van der Waals surface area (Å²) in [6.07, 6.45) is 2.69. The summed E-state index contributed by atoms with van der Waals surface area (Å²) in [5.74, 6) is 0.906. The molecule has 13 heavy (non-hydrogen) atoms. The monoisotopic (exact) mass is 245 g/mol. The molecule has 2 atom stereocenters. The highest BCUT2D eigenvalue weighted by molar-refractivity contribution is 9.09. The minimum Gasteiger partial charge on any atom is -0.297 e. The SMILES string of the molecule is C=C(CBr)CN1CC[C@H](C)C[C@@H]1C. The van der Waals surface area contributed by atoms with Crippen LogP contribution in [0.2, 0.25) is 0 Å². The van der Waals surface area contributed by atoms with E-state index in [-0.39, 0.29) is 0 Å². The number of piperidine rings is 1. The summed E-state index contributed by atoms with van der Waals surface area (Å²) < 4.78 is 0. The van der Waals surface area contributed by atoms with E-state index < -0.39 is 0 Å². The average molecular weight is 246 g/mol. The number of hydrogen-bond acceptors (Lipinski definition) is 1. The Morgan fingerprint density at radius 1 is 1.54 bits per heavy atom. The topological polar surface area (TPSA) is 3.24 Å². The third-order valence-corrected chi connectivity index (χ3v) is 3.68. The first-order chi connectivity index (χ1) is 6.13. The number of hydrogen-bond donors (Lipinski definition) is 0. The van der Waals surface area contributed by atoms with Gasteiger partial charge in [0.15, 0.2) is 0 Å². The second-order valence-corrected chi connectivity index (χ2v) is 4.89. The molecule has 1 rings (SSSR count). The summed E-state index contributed by atoms with van der Waals surface area (Å²) >= 11 is 3.45. The third kappa shape index (κ3) is 3.43. The van der Waals surface area contributed by atoms with E-state index in [4.69, 9.17) is 0 Å². The maximum atomic E-state index is 4.03. The van der Waals surface area contributed by atoms with Crippen LogP contribution in [0.3, 0.4) is 0 Å². The molecule has 0 aromatic rings. The van der Waals surface area contributed by atoms with Crippen LogP contribution < -0.4 is 0 Å². The van der Waals surface area contributed by atoms with Gasteiger partial charge in [-0.05, 0) is 32.2 Å². The number of likely N-dealkylation sites (tertiary alicyclic amines) is 1.